The van der Waals surface area contributed by atoms with E-state index >= 15 is 0 Å². The maximum atomic E-state index is 10.9. The molecular weight excluding hydrogens is 206 g/mol. The van der Waals surface area contributed by atoms with E-state index in [1.54, 1.807) is 4.58 Å². The summed E-state index contributed by atoms with van der Waals surface area (Å²) in [6, 6.07) is 0.117. The second kappa shape index (κ2) is 5.80. The van der Waals surface area contributed by atoms with E-state index in [4.69, 9.17) is 4.74 Å². The first-order chi connectivity index (χ1) is 7.54. The molecule has 3 unspecified atom stereocenters. The summed E-state index contributed by atoms with van der Waals surface area (Å²) in [6.07, 6.45) is 3.27. The Morgan fingerprint density at radius 1 is 1.62 bits per heavy atom. The molecule has 0 aromatic rings. The standard InChI is InChI=1S/C12H20NO3/c1-4-12(15)16-8-9-5-6-10(13(2)3)11(14)7-9/h4,9-11,14H,1-2,5-8H2,3H3/q+1. The van der Waals surface area contributed by atoms with E-state index in [9.17, 15) is 9.90 Å². The molecule has 0 amide bonds. The van der Waals surface area contributed by atoms with Crippen LogP contribution in [-0.2, 0) is 9.53 Å². The van der Waals surface area contributed by atoms with E-state index in [-0.39, 0.29) is 18.1 Å². The Bertz CT molecular complexity index is 288. The lowest BCUT2D eigenvalue weighted by Crippen LogP contribution is -2.41. The second-order valence-corrected chi connectivity index (χ2v) is 4.40. The zero-order chi connectivity index (χ0) is 12.1. The summed E-state index contributed by atoms with van der Waals surface area (Å²) in [5.41, 5.74) is 0. The summed E-state index contributed by atoms with van der Waals surface area (Å²) in [5, 5.41) is 9.89. The van der Waals surface area contributed by atoms with Gasteiger partial charge in [-0.2, -0.15) is 0 Å². The van der Waals surface area contributed by atoms with Crippen LogP contribution in [0.2, 0.25) is 0 Å². The van der Waals surface area contributed by atoms with Crippen LogP contribution in [0, 0.1) is 5.92 Å². The summed E-state index contributed by atoms with van der Waals surface area (Å²) in [5.74, 6) is -0.152. The van der Waals surface area contributed by atoms with Crippen LogP contribution in [0.4, 0.5) is 0 Å². The zero-order valence-electron chi connectivity index (χ0n) is 9.76. The van der Waals surface area contributed by atoms with Crippen molar-refractivity contribution in [1.82, 2.24) is 0 Å². The van der Waals surface area contributed by atoms with E-state index in [1.807, 2.05) is 7.05 Å². The molecule has 0 saturated heterocycles. The van der Waals surface area contributed by atoms with E-state index in [2.05, 4.69) is 13.3 Å². The number of nitrogens with zero attached hydrogens (tertiary/aromatic N) is 1. The van der Waals surface area contributed by atoms with Crippen molar-refractivity contribution in [1.29, 1.82) is 0 Å². The SMILES string of the molecule is C=CC(=O)OCC1CCC([N+](=C)C)C(O)C1. The van der Waals surface area contributed by atoms with Crippen molar-refractivity contribution in [2.45, 2.75) is 31.4 Å². The van der Waals surface area contributed by atoms with Crippen LogP contribution in [-0.4, -0.2) is 48.2 Å². The Labute approximate surface area is 96.2 Å². The average Bonchev–Trinajstić information content (AvgIpc) is 2.25. The van der Waals surface area contributed by atoms with Gasteiger partial charge in [0.1, 0.15) is 19.9 Å². The molecule has 0 heterocycles. The predicted octanol–water partition coefficient (Wildman–Crippen LogP) is 0.588. The number of carbonyl (C=O) groups excluding carboxylic acids is 1. The summed E-state index contributed by atoms with van der Waals surface area (Å²) < 4.78 is 6.78. The third-order valence-corrected chi connectivity index (χ3v) is 3.08. The van der Waals surface area contributed by atoms with Gasteiger partial charge in [-0.1, -0.05) is 6.58 Å². The number of hydrogen-bond donors (Lipinski definition) is 1. The summed E-state index contributed by atoms with van der Waals surface area (Å²) in [4.78, 5) is 10.9. The van der Waals surface area contributed by atoms with Gasteiger partial charge in [0.25, 0.3) is 0 Å². The summed E-state index contributed by atoms with van der Waals surface area (Å²) in [7, 11) is 1.87. The Kier molecular flexibility index (Phi) is 4.68. The van der Waals surface area contributed by atoms with E-state index < -0.39 is 5.97 Å². The highest BCUT2D eigenvalue weighted by Gasteiger charge is 2.34. The number of aliphatic hydroxyl groups excluding tert-OH is 1. The molecule has 0 bridgehead atoms. The van der Waals surface area contributed by atoms with Gasteiger partial charge in [-0.05, 0) is 18.8 Å². The lowest BCUT2D eigenvalue weighted by Gasteiger charge is -2.29. The maximum absolute atomic E-state index is 10.9. The number of ether oxygens (including phenoxy) is 1. The molecule has 4 heteroatoms. The number of likely N-dealkylation sites (N-methyl/N-ethyl adjacent to an activating group) is 1. The monoisotopic (exact) mass is 226 g/mol. The number of hydrogen-bond acceptors (Lipinski definition) is 3. The Balaban J connectivity index is 2.36. The molecule has 4 nitrogen and oxygen atoms in total. The van der Waals surface area contributed by atoms with Crippen molar-refractivity contribution < 1.29 is 19.2 Å². The fraction of sp³-hybridized carbons (Fsp3) is 0.667. The second-order valence-electron chi connectivity index (χ2n) is 4.40. The van der Waals surface area contributed by atoms with Crippen LogP contribution in [0.3, 0.4) is 0 Å². The molecule has 0 spiro atoms. The number of esters is 1. The molecule has 90 valence electrons. The first-order valence-electron chi connectivity index (χ1n) is 5.55. The molecule has 3 atom stereocenters. The van der Waals surface area contributed by atoms with Crippen molar-refractivity contribution in [3.8, 4) is 0 Å². The van der Waals surface area contributed by atoms with Crippen molar-refractivity contribution in [2.75, 3.05) is 13.7 Å². The largest absolute Gasteiger partial charge is 0.462 e. The molecule has 1 rings (SSSR count). The van der Waals surface area contributed by atoms with Crippen LogP contribution in [0.25, 0.3) is 0 Å². The van der Waals surface area contributed by atoms with Gasteiger partial charge < -0.3 is 9.84 Å². The number of aliphatic hydroxyl groups is 1. The normalized spacial score (nSPS) is 29.5. The molecule has 16 heavy (non-hydrogen) atoms. The topological polar surface area (TPSA) is 49.5 Å². The zero-order valence-corrected chi connectivity index (χ0v) is 9.76. The number of carbonyl (C=O) groups is 1. The van der Waals surface area contributed by atoms with Gasteiger partial charge in [-0.15, -0.1) is 0 Å². The third kappa shape index (κ3) is 3.45. The highest BCUT2D eigenvalue weighted by Crippen LogP contribution is 2.26. The van der Waals surface area contributed by atoms with Crippen molar-refractivity contribution in [3.05, 3.63) is 12.7 Å². The van der Waals surface area contributed by atoms with Gasteiger partial charge >= 0.3 is 5.97 Å². The van der Waals surface area contributed by atoms with Crippen LogP contribution >= 0.6 is 0 Å². The quantitative estimate of drug-likeness (QED) is 0.330. The van der Waals surface area contributed by atoms with Gasteiger partial charge in [-0.25, -0.2) is 9.37 Å². The van der Waals surface area contributed by atoms with E-state index in [0.717, 1.165) is 18.9 Å². The van der Waals surface area contributed by atoms with Crippen LogP contribution in [0.15, 0.2) is 12.7 Å². The van der Waals surface area contributed by atoms with E-state index in [1.165, 1.54) is 0 Å². The molecule has 1 fully saturated rings. The fourth-order valence-electron chi connectivity index (χ4n) is 2.14. The Hall–Kier alpha value is -1.16. The minimum atomic E-state index is -0.397. The minimum absolute atomic E-state index is 0.117. The van der Waals surface area contributed by atoms with Gasteiger partial charge in [0.05, 0.1) is 6.61 Å². The minimum Gasteiger partial charge on any atom is -0.462 e. The summed E-state index contributed by atoms with van der Waals surface area (Å²) >= 11 is 0. The fourth-order valence-corrected chi connectivity index (χ4v) is 2.14. The molecule has 1 N–H and O–H groups in total. The van der Waals surface area contributed by atoms with E-state index in [0.29, 0.717) is 13.0 Å². The van der Waals surface area contributed by atoms with Gasteiger partial charge in [-0.3, -0.25) is 0 Å². The van der Waals surface area contributed by atoms with Crippen LogP contribution in [0.5, 0.6) is 0 Å². The van der Waals surface area contributed by atoms with Crippen molar-refractivity contribution in [2.24, 2.45) is 5.92 Å². The average molecular weight is 226 g/mol. The molecule has 0 aromatic heterocycles. The smallest absolute Gasteiger partial charge is 0.330 e. The molecular formula is C12H20NO3+. The first-order valence-corrected chi connectivity index (χ1v) is 5.55. The summed E-state index contributed by atoms with van der Waals surface area (Å²) in [6.45, 7) is 7.51. The molecule has 1 aliphatic carbocycles. The predicted molar refractivity (Wildman–Crippen MR) is 61.6 cm³/mol. The Morgan fingerprint density at radius 3 is 2.81 bits per heavy atom. The highest BCUT2D eigenvalue weighted by atomic mass is 16.5. The first kappa shape index (κ1) is 12.9. The molecule has 0 radical (unpaired) electrons. The highest BCUT2D eigenvalue weighted by molar-refractivity contribution is 5.81. The lowest BCUT2D eigenvalue weighted by molar-refractivity contribution is -0.545. The van der Waals surface area contributed by atoms with Crippen LogP contribution < -0.4 is 0 Å². The van der Waals surface area contributed by atoms with Crippen molar-refractivity contribution in [3.63, 3.8) is 0 Å². The third-order valence-electron chi connectivity index (χ3n) is 3.08. The molecule has 1 saturated carbocycles. The van der Waals surface area contributed by atoms with Gasteiger partial charge in [0.15, 0.2) is 6.04 Å². The maximum Gasteiger partial charge on any atom is 0.330 e. The molecule has 0 aromatic carbocycles. The van der Waals surface area contributed by atoms with Crippen molar-refractivity contribution >= 4 is 12.7 Å². The lowest BCUT2D eigenvalue weighted by atomic mass is 9.84. The molecule has 0 aliphatic heterocycles. The van der Waals surface area contributed by atoms with Crippen LogP contribution in [0.1, 0.15) is 19.3 Å². The Morgan fingerprint density at radius 2 is 2.31 bits per heavy atom. The molecule has 1 aliphatic rings. The number of rotatable bonds is 4. The van der Waals surface area contributed by atoms with Gasteiger partial charge in [0, 0.05) is 12.5 Å². The van der Waals surface area contributed by atoms with Gasteiger partial charge in [0.2, 0.25) is 0 Å².